The molecule has 0 spiro atoms. The summed E-state index contributed by atoms with van der Waals surface area (Å²) in [7, 11) is 0. The van der Waals surface area contributed by atoms with Crippen molar-refractivity contribution in [1.82, 2.24) is 0 Å². The molecule has 0 fully saturated rings. The first-order chi connectivity index (χ1) is 13.3. The fourth-order valence-corrected chi connectivity index (χ4v) is 5.15. The zero-order valence-electron chi connectivity index (χ0n) is 14.5. The molecule has 0 atom stereocenters. The van der Waals surface area contributed by atoms with E-state index < -0.39 is 0 Å². The van der Waals surface area contributed by atoms with Gasteiger partial charge in [-0.1, -0.05) is 84.9 Å². The van der Waals surface area contributed by atoms with Gasteiger partial charge < -0.3 is 0 Å². The molecular weight excluding hydrogens is 392 g/mol. The Morgan fingerprint density at radius 3 is 2.07 bits per heavy atom. The van der Waals surface area contributed by atoms with Crippen molar-refractivity contribution in [2.45, 2.75) is 0 Å². The predicted octanol–water partition coefficient (Wildman–Crippen LogP) is 8.07. The van der Waals surface area contributed by atoms with Gasteiger partial charge in [-0.25, -0.2) is 0 Å². The third kappa shape index (κ3) is 2.03. The van der Waals surface area contributed by atoms with Crippen LogP contribution in [0.1, 0.15) is 0 Å². The Hall–Kier alpha value is -2.90. The number of hydrogen-bond donors (Lipinski definition) is 0. The molecule has 1 aliphatic rings. The van der Waals surface area contributed by atoms with Gasteiger partial charge in [-0.15, -0.1) is 0 Å². The summed E-state index contributed by atoms with van der Waals surface area (Å²) in [5, 5.41) is 5.25. The van der Waals surface area contributed by atoms with E-state index in [0.29, 0.717) is 0 Å². The molecule has 0 heterocycles. The van der Waals surface area contributed by atoms with Gasteiger partial charge in [0.15, 0.2) is 0 Å². The van der Waals surface area contributed by atoms with E-state index in [1.807, 2.05) is 0 Å². The van der Waals surface area contributed by atoms with Crippen LogP contribution in [-0.2, 0) is 0 Å². The van der Waals surface area contributed by atoms with E-state index in [1.54, 1.807) is 0 Å². The van der Waals surface area contributed by atoms with E-state index in [4.69, 9.17) is 0 Å². The van der Waals surface area contributed by atoms with Crippen LogP contribution in [0.15, 0.2) is 95.5 Å². The Morgan fingerprint density at radius 1 is 0.481 bits per heavy atom. The second kappa shape index (κ2) is 5.55. The summed E-state index contributed by atoms with van der Waals surface area (Å²) in [5.74, 6) is 0. The lowest BCUT2D eigenvalue weighted by molar-refractivity contribution is 1.62. The Balaban J connectivity index is 1.75. The number of halogens is 1. The van der Waals surface area contributed by atoms with Gasteiger partial charge in [-0.3, -0.25) is 0 Å². The molecule has 0 N–H and O–H groups in total. The average molecular weight is 407 g/mol. The molecule has 0 unspecified atom stereocenters. The fourth-order valence-electron chi connectivity index (χ4n) is 4.48. The minimum atomic E-state index is 1.19. The van der Waals surface area contributed by atoms with Crippen LogP contribution in [0.25, 0.3) is 54.9 Å². The Morgan fingerprint density at radius 2 is 1.22 bits per heavy atom. The van der Waals surface area contributed by atoms with Gasteiger partial charge in [0, 0.05) is 4.47 Å². The molecular formula is C26H15Br. The third-order valence-corrected chi connectivity index (χ3v) is 6.52. The summed E-state index contributed by atoms with van der Waals surface area (Å²) in [6.45, 7) is 0. The average Bonchev–Trinajstić information content (AvgIpc) is 3.07. The van der Waals surface area contributed by atoms with Gasteiger partial charge in [0.1, 0.15) is 0 Å². The molecule has 0 amide bonds. The Kier molecular flexibility index (Phi) is 3.12. The van der Waals surface area contributed by atoms with Gasteiger partial charge in [-0.2, -0.15) is 0 Å². The molecule has 0 nitrogen and oxygen atoms in total. The zero-order chi connectivity index (χ0) is 18.0. The molecule has 1 heteroatoms. The molecule has 6 rings (SSSR count). The second-order valence-corrected chi connectivity index (χ2v) is 7.88. The molecule has 0 saturated carbocycles. The first-order valence-electron chi connectivity index (χ1n) is 9.16. The van der Waals surface area contributed by atoms with Crippen LogP contribution in [0.4, 0.5) is 0 Å². The lowest BCUT2D eigenvalue weighted by Crippen LogP contribution is -1.83. The molecule has 0 saturated heterocycles. The molecule has 5 aromatic carbocycles. The highest BCUT2D eigenvalue weighted by Crippen LogP contribution is 2.53. The van der Waals surface area contributed by atoms with Crippen LogP contribution in [0, 0.1) is 0 Å². The van der Waals surface area contributed by atoms with Crippen molar-refractivity contribution in [3.63, 3.8) is 0 Å². The fraction of sp³-hybridized carbons (Fsp3) is 0. The summed E-state index contributed by atoms with van der Waals surface area (Å²) in [6, 6.07) is 32.9. The number of hydrogen-bond acceptors (Lipinski definition) is 0. The van der Waals surface area contributed by atoms with E-state index in [9.17, 15) is 0 Å². The van der Waals surface area contributed by atoms with E-state index in [-0.39, 0.29) is 0 Å². The maximum Gasteiger partial charge on any atom is 0.0332 e. The maximum atomic E-state index is 3.87. The lowest BCUT2D eigenvalue weighted by atomic mass is 9.95. The van der Waals surface area contributed by atoms with Gasteiger partial charge in [0.2, 0.25) is 0 Å². The second-order valence-electron chi connectivity index (χ2n) is 7.09. The van der Waals surface area contributed by atoms with Crippen molar-refractivity contribution in [3.05, 3.63) is 95.5 Å². The van der Waals surface area contributed by atoms with Crippen LogP contribution < -0.4 is 0 Å². The topological polar surface area (TPSA) is 0 Å². The minimum Gasteiger partial charge on any atom is -0.0622 e. The lowest BCUT2D eigenvalue weighted by Gasteiger charge is -2.11. The molecule has 0 bridgehead atoms. The Bertz CT molecular complexity index is 1360. The highest BCUT2D eigenvalue weighted by Gasteiger charge is 2.25. The van der Waals surface area contributed by atoms with Crippen molar-refractivity contribution in [3.8, 4) is 33.4 Å². The van der Waals surface area contributed by atoms with Gasteiger partial charge in [0.25, 0.3) is 0 Å². The summed E-state index contributed by atoms with van der Waals surface area (Å²) >= 11 is 3.87. The van der Waals surface area contributed by atoms with Gasteiger partial charge in [0.05, 0.1) is 0 Å². The van der Waals surface area contributed by atoms with Crippen LogP contribution in [-0.4, -0.2) is 0 Å². The van der Waals surface area contributed by atoms with Crippen LogP contribution in [0.5, 0.6) is 0 Å². The van der Waals surface area contributed by atoms with Crippen LogP contribution >= 0.6 is 15.9 Å². The predicted molar refractivity (Wildman–Crippen MR) is 119 cm³/mol. The van der Waals surface area contributed by atoms with E-state index >= 15 is 0 Å². The van der Waals surface area contributed by atoms with Crippen molar-refractivity contribution >= 4 is 37.5 Å². The van der Waals surface area contributed by atoms with Crippen molar-refractivity contribution < 1.29 is 0 Å². The van der Waals surface area contributed by atoms with Gasteiger partial charge in [-0.05, 0) is 76.9 Å². The monoisotopic (exact) mass is 406 g/mol. The maximum absolute atomic E-state index is 3.87. The largest absolute Gasteiger partial charge is 0.0622 e. The smallest absolute Gasteiger partial charge is 0.0332 e. The molecule has 0 aliphatic heterocycles. The SMILES string of the molecule is Brc1c2ccccc2c2c3c(cccc13)-c1cc(-c3ccccc3)ccc1-2. The molecule has 1 aliphatic carbocycles. The van der Waals surface area contributed by atoms with Crippen molar-refractivity contribution in [1.29, 1.82) is 0 Å². The van der Waals surface area contributed by atoms with Crippen LogP contribution in [0.2, 0.25) is 0 Å². The first kappa shape index (κ1) is 15.2. The molecule has 5 aromatic rings. The Labute approximate surface area is 166 Å². The summed E-state index contributed by atoms with van der Waals surface area (Å²) in [4.78, 5) is 0. The highest BCUT2D eigenvalue weighted by atomic mass is 79.9. The number of fused-ring (bicyclic) bond motifs is 5. The molecule has 0 radical (unpaired) electrons. The van der Waals surface area contributed by atoms with E-state index in [2.05, 4.69) is 107 Å². The summed E-state index contributed by atoms with van der Waals surface area (Å²) < 4.78 is 1.19. The normalized spacial score (nSPS) is 11.9. The quantitative estimate of drug-likeness (QED) is 0.242. The summed E-state index contributed by atoms with van der Waals surface area (Å²) in [6.07, 6.45) is 0. The number of rotatable bonds is 1. The minimum absolute atomic E-state index is 1.19. The van der Waals surface area contributed by atoms with Crippen molar-refractivity contribution in [2.75, 3.05) is 0 Å². The third-order valence-electron chi connectivity index (χ3n) is 5.67. The van der Waals surface area contributed by atoms with Crippen LogP contribution in [0.3, 0.4) is 0 Å². The molecule has 0 aromatic heterocycles. The standard InChI is InChI=1S/C26H15Br/c27-26-21-10-5-4-9-18(21)24-20-14-13-17(16-7-2-1-3-8-16)15-23(20)19-11-6-12-22(26)25(19)24/h1-15H. The molecule has 27 heavy (non-hydrogen) atoms. The van der Waals surface area contributed by atoms with E-state index in [0.717, 1.165) is 0 Å². The zero-order valence-corrected chi connectivity index (χ0v) is 16.1. The summed E-state index contributed by atoms with van der Waals surface area (Å²) in [5.41, 5.74) is 7.90. The first-order valence-corrected chi connectivity index (χ1v) is 9.95. The highest BCUT2D eigenvalue weighted by molar-refractivity contribution is 9.10. The van der Waals surface area contributed by atoms with E-state index in [1.165, 1.54) is 59.4 Å². The molecule has 126 valence electrons. The van der Waals surface area contributed by atoms with Gasteiger partial charge >= 0.3 is 0 Å². The van der Waals surface area contributed by atoms with Crippen molar-refractivity contribution in [2.24, 2.45) is 0 Å². The number of benzene rings is 5.